The molecule has 0 aliphatic carbocycles. The van der Waals surface area contributed by atoms with E-state index >= 15 is 0 Å². The number of benzene rings is 1. The highest BCUT2D eigenvalue weighted by Gasteiger charge is 2.45. The number of aromatic nitrogens is 2. The van der Waals surface area contributed by atoms with Crippen LogP contribution < -0.4 is 4.90 Å². The standard InChI is InChI=1S/C24H28N4O/c1-18-7-8-22(26-15-18)27-13-10-24(11-14-27)9-4-12-28(23(24)29)17-19-16-25-21-6-3-2-5-20(19)21/h2-3,5-8,15-16,25H,4,9-14,17H2,1H3. The van der Waals surface area contributed by atoms with Crippen LogP contribution in [0.15, 0.2) is 48.8 Å². The monoisotopic (exact) mass is 388 g/mol. The van der Waals surface area contributed by atoms with Gasteiger partial charge in [-0.1, -0.05) is 24.3 Å². The lowest BCUT2D eigenvalue weighted by Crippen LogP contribution is -2.53. The molecule has 5 heteroatoms. The molecule has 0 saturated carbocycles. The summed E-state index contributed by atoms with van der Waals surface area (Å²) in [6.07, 6.45) is 7.94. The van der Waals surface area contributed by atoms with Crippen molar-refractivity contribution in [1.29, 1.82) is 0 Å². The molecule has 150 valence electrons. The second-order valence-electron chi connectivity index (χ2n) is 8.65. The summed E-state index contributed by atoms with van der Waals surface area (Å²) in [7, 11) is 0. The summed E-state index contributed by atoms with van der Waals surface area (Å²) in [5.74, 6) is 1.38. The van der Waals surface area contributed by atoms with Crippen molar-refractivity contribution < 1.29 is 4.79 Å². The molecule has 5 nitrogen and oxygen atoms in total. The first-order chi connectivity index (χ1) is 14.1. The molecular formula is C24H28N4O. The number of para-hydroxylation sites is 1. The minimum Gasteiger partial charge on any atom is -0.361 e. The van der Waals surface area contributed by atoms with Crippen molar-refractivity contribution in [3.05, 3.63) is 59.9 Å². The van der Waals surface area contributed by atoms with Crippen molar-refractivity contribution in [3.63, 3.8) is 0 Å². The number of likely N-dealkylation sites (tertiary alicyclic amines) is 1. The molecule has 1 amide bonds. The van der Waals surface area contributed by atoms with Crippen molar-refractivity contribution in [1.82, 2.24) is 14.9 Å². The molecule has 0 radical (unpaired) electrons. The molecule has 1 spiro atoms. The van der Waals surface area contributed by atoms with Gasteiger partial charge in [0.1, 0.15) is 5.82 Å². The highest BCUT2D eigenvalue weighted by atomic mass is 16.2. The van der Waals surface area contributed by atoms with Crippen LogP contribution in [-0.2, 0) is 11.3 Å². The summed E-state index contributed by atoms with van der Waals surface area (Å²) >= 11 is 0. The van der Waals surface area contributed by atoms with Gasteiger partial charge in [0.25, 0.3) is 0 Å². The van der Waals surface area contributed by atoms with Crippen molar-refractivity contribution in [2.75, 3.05) is 24.5 Å². The molecule has 4 heterocycles. The van der Waals surface area contributed by atoms with Gasteiger partial charge in [0.2, 0.25) is 5.91 Å². The number of amides is 1. The minimum atomic E-state index is -0.189. The van der Waals surface area contributed by atoms with E-state index < -0.39 is 0 Å². The van der Waals surface area contributed by atoms with Gasteiger partial charge in [0, 0.05) is 49.5 Å². The molecular weight excluding hydrogens is 360 g/mol. The van der Waals surface area contributed by atoms with Gasteiger partial charge in [-0.3, -0.25) is 4.79 Å². The Labute approximate surface area is 171 Å². The highest BCUT2D eigenvalue weighted by Crippen LogP contribution is 2.42. The van der Waals surface area contributed by atoms with Gasteiger partial charge in [-0.2, -0.15) is 0 Å². The molecule has 29 heavy (non-hydrogen) atoms. The molecule has 0 bridgehead atoms. The van der Waals surface area contributed by atoms with E-state index in [0.29, 0.717) is 12.5 Å². The fraction of sp³-hybridized carbons (Fsp3) is 0.417. The lowest BCUT2D eigenvalue weighted by Gasteiger charge is -2.46. The third-order valence-corrected chi connectivity index (χ3v) is 6.80. The van der Waals surface area contributed by atoms with E-state index in [0.717, 1.165) is 56.7 Å². The van der Waals surface area contributed by atoms with Gasteiger partial charge >= 0.3 is 0 Å². The number of carbonyl (C=O) groups excluding carboxylic acids is 1. The van der Waals surface area contributed by atoms with Crippen molar-refractivity contribution >= 4 is 22.6 Å². The molecule has 0 unspecified atom stereocenters. The largest absolute Gasteiger partial charge is 0.361 e. The maximum atomic E-state index is 13.5. The predicted molar refractivity (Wildman–Crippen MR) is 116 cm³/mol. The summed E-state index contributed by atoms with van der Waals surface area (Å²) in [5.41, 5.74) is 3.34. The number of nitrogens with one attached hydrogen (secondary N) is 1. The van der Waals surface area contributed by atoms with E-state index in [1.54, 1.807) is 0 Å². The van der Waals surface area contributed by atoms with Crippen LogP contribution >= 0.6 is 0 Å². The number of fused-ring (bicyclic) bond motifs is 1. The molecule has 2 fully saturated rings. The second-order valence-corrected chi connectivity index (χ2v) is 8.65. The zero-order valence-electron chi connectivity index (χ0n) is 17.0. The van der Waals surface area contributed by atoms with Gasteiger partial charge in [-0.05, 0) is 55.9 Å². The Morgan fingerprint density at radius 1 is 1.07 bits per heavy atom. The highest BCUT2D eigenvalue weighted by molar-refractivity contribution is 5.86. The van der Waals surface area contributed by atoms with Crippen LogP contribution in [0.25, 0.3) is 10.9 Å². The molecule has 1 aromatic carbocycles. The topological polar surface area (TPSA) is 52.2 Å². The number of rotatable bonds is 3. The van der Waals surface area contributed by atoms with Crippen molar-refractivity contribution in [2.24, 2.45) is 5.41 Å². The first-order valence-corrected chi connectivity index (χ1v) is 10.7. The summed E-state index contributed by atoms with van der Waals surface area (Å²) in [6.45, 7) is 5.44. The molecule has 2 aliphatic heterocycles. The van der Waals surface area contributed by atoms with Crippen LogP contribution in [0.4, 0.5) is 5.82 Å². The number of aromatic amines is 1. The smallest absolute Gasteiger partial charge is 0.229 e. The number of hydrogen-bond donors (Lipinski definition) is 1. The third-order valence-electron chi connectivity index (χ3n) is 6.80. The van der Waals surface area contributed by atoms with E-state index in [4.69, 9.17) is 0 Å². The average Bonchev–Trinajstić information content (AvgIpc) is 3.16. The normalized spacial score (nSPS) is 19.3. The molecule has 3 aromatic rings. The number of anilines is 1. The summed E-state index contributed by atoms with van der Waals surface area (Å²) < 4.78 is 0. The molecule has 2 aromatic heterocycles. The Balaban J connectivity index is 1.30. The number of nitrogens with zero attached hydrogens (tertiary/aromatic N) is 3. The van der Waals surface area contributed by atoms with Crippen LogP contribution in [0.1, 0.15) is 36.8 Å². The van der Waals surface area contributed by atoms with Gasteiger partial charge in [-0.25, -0.2) is 4.98 Å². The number of pyridine rings is 1. The van der Waals surface area contributed by atoms with E-state index in [1.807, 2.05) is 12.3 Å². The van der Waals surface area contributed by atoms with Crippen LogP contribution in [0.5, 0.6) is 0 Å². The fourth-order valence-electron chi connectivity index (χ4n) is 5.05. The first-order valence-electron chi connectivity index (χ1n) is 10.7. The molecule has 2 aliphatic rings. The van der Waals surface area contributed by atoms with Crippen LogP contribution in [0.2, 0.25) is 0 Å². The van der Waals surface area contributed by atoms with Crippen molar-refractivity contribution in [3.8, 4) is 0 Å². The van der Waals surface area contributed by atoms with Crippen molar-refractivity contribution in [2.45, 2.75) is 39.2 Å². The Morgan fingerprint density at radius 2 is 1.90 bits per heavy atom. The van der Waals surface area contributed by atoms with Gasteiger partial charge in [0.15, 0.2) is 0 Å². The first kappa shape index (κ1) is 18.2. The van der Waals surface area contributed by atoms with E-state index in [-0.39, 0.29) is 5.41 Å². The number of hydrogen-bond acceptors (Lipinski definition) is 3. The SMILES string of the molecule is Cc1ccc(N2CCC3(CCCN(Cc4c[nH]c5ccccc45)C3=O)CC2)nc1. The summed E-state index contributed by atoms with van der Waals surface area (Å²) in [5, 5.41) is 1.22. The quantitative estimate of drug-likeness (QED) is 0.729. The van der Waals surface area contributed by atoms with Gasteiger partial charge < -0.3 is 14.8 Å². The average molecular weight is 389 g/mol. The van der Waals surface area contributed by atoms with Crippen LogP contribution in [0, 0.1) is 12.3 Å². The summed E-state index contributed by atoms with van der Waals surface area (Å²) in [4.78, 5) is 25.9. The summed E-state index contributed by atoms with van der Waals surface area (Å²) in [6, 6.07) is 12.5. The number of aryl methyl sites for hydroxylation is 1. The zero-order chi connectivity index (χ0) is 19.8. The Hall–Kier alpha value is -2.82. The van der Waals surface area contributed by atoms with E-state index in [1.165, 1.54) is 16.5 Å². The maximum Gasteiger partial charge on any atom is 0.229 e. The maximum absolute atomic E-state index is 13.5. The fourth-order valence-corrected chi connectivity index (χ4v) is 5.05. The zero-order valence-corrected chi connectivity index (χ0v) is 17.0. The number of piperidine rings is 2. The van der Waals surface area contributed by atoms with Crippen LogP contribution in [-0.4, -0.2) is 40.4 Å². The lowest BCUT2D eigenvalue weighted by atomic mass is 9.71. The third kappa shape index (κ3) is 3.28. The van der Waals surface area contributed by atoms with Crippen LogP contribution in [0.3, 0.4) is 0 Å². The molecule has 5 rings (SSSR count). The Kier molecular flexibility index (Phi) is 4.53. The minimum absolute atomic E-state index is 0.189. The molecule has 1 N–H and O–H groups in total. The Bertz CT molecular complexity index is 1010. The van der Waals surface area contributed by atoms with E-state index in [9.17, 15) is 4.79 Å². The van der Waals surface area contributed by atoms with Gasteiger partial charge in [-0.15, -0.1) is 0 Å². The second kappa shape index (κ2) is 7.21. The van der Waals surface area contributed by atoms with Gasteiger partial charge in [0.05, 0.1) is 5.41 Å². The molecule has 0 atom stereocenters. The predicted octanol–water partition coefficient (Wildman–Crippen LogP) is 4.28. The number of carbonyl (C=O) groups is 1. The molecule has 2 saturated heterocycles. The Morgan fingerprint density at radius 3 is 2.69 bits per heavy atom. The lowest BCUT2D eigenvalue weighted by molar-refractivity contribution is -0.148. The van der Waals surface area contributed by atoms with E-state index in [2.05, 4.69) is 63.2 Å². The number of H-pyrrole nitrogens is 1.